The van der Waals surface area contributed by atoms with E-state index in [0.717, 1.165) is 11.1 Å². The van der Waals surface area contributed by atoms with E-state index in [1.165, 1.54) is 18.2 Å². The van der Waals surface area contributed by atoms with Crippen LogP contribution in [0.4, 0.5) is 10.1 Å². The van der Waals surface area contributed by atoms with Gasteiger partial charge in [0.2, 0.25) is 5.91 Å². The van der Waals surface area contributed by atoms with Crippen molar-refractivity contribution in [3.05, 3.63) is 97.7 Å². The van der Waals surface area contributed by atoms with Gasteiger partial charge in [-0.3, -0.25) is 4.79 Å². The molecule has 0 spiro atoms. The maximum Gasteiger partial charge on any atom is 0.228 e. The van der Waals surface area contributed by atoms with Crippen molar-refractivity contribution in [2.75, 3.05) is 5.32 Å². The van der Waals surface area contributed by atoms with Crippen LogP contribution in [-0.4, -0.2) is 5.91 Å². The monoisotopic (exact) mass is 460 g/mol. The van der Waals surface area contributed by atoms with Crippen LogP contribution in [0.25, 0.3) is 0 Å². The molecule has 0 aliphatic heterocycles. The van der Waals surface area contributed by atoms with Crippen LogP contribution in [0.3, 0.4) is 0 Å². The van der Waals surface area contributed by atoms with Crippen molar-refractivity contribution >= 4 is 46.4 Å². The van der Waals surface area contributed by atoms with Crippen LogP contribution in [-0.2, 0) is 11.2 Å². The smallest absolute Gasteiger partial charge is 0.228 e. The molecule has 7 heteroatoms. The predicted octanol–water partition coefficient (Wildman–Crippen LogP) is 6.93. The van der Waals surface area contributed by atoms with Gasteiger partial charge in [0.1, 0.15) is 5.82 Å². The highest BCUT2D eigenvalue weighted by molar-refractivity contribution is 6.32. The summed E-state index contributed by atoms with van der Waals surface area (Å²) in [4.78, 5) is 12.4. The quantitative estimate of drug-likeness (QED) is 0.448. The number of aryl methyl sites for hydroxylation is 1. The number of nitriles is 1. The fourth-order valence-corrected chi connectivity index (χ4v) is 3.72. The number of carbonyl (C=O) groups is 1. The number of halogens is 4. The molecular weight excluding hydrogens is 446 g/mol. The maximum absolute atomic E-state index is 13.9. The fraction of sp³-hybridized carbons (Fsp3) is 0.130. The zero-order chi connectivity index (χ0) is 21.8. The number of nitrogens with one attached hydrogen (secondary N) is 1. The first-order valence-corrected chi connectivity index (χ1v) is 10.1. The molecule has 0 fully saturated rings. The number of benzene rings is 3. The molecule has 3 aromatic carbocycles. The van der Waals surface area contributed by atoms with Crippen molar-refractivity contribution in [1.29, 1.82) is 5.26 Å². The van der Waals surface area contributed by atoms with E-state index in [0.29, 0.717) is 21.3 Å². The van der Waals surface area contributed by atoms with Gasteiger partial charge in [0, 0.05) is 26.3 Å². The van der Waals surface area contributed by atoms with E-state index < -0.39 is 17.6 Å². The third-order valence-corrected chi connectivity index (χ3v) is 5.59. The minimum absolute atomic E-state index is 0.129. The molecule has 0 bridgehead atoms. The SMILES string of the molecule is Cc1cc([C@H](C#N)c2ccc(Cl)cc2)c(Cl)cc1NC(=O)Cc1c(F)cccc1Cl. The van der Waals surface area contributed by atoms with Gasteiger partial charge in [-0.1, -0.05) is 59.1 Å². The first-order chi connectivity index (χ1) is 14.3. The van der Waals surface area contributed by atoms with Gasteiger partial charge >= 0.3 is 0 Å². The average Bonchev–Trinajstić information content (AvgIpc) is 2.70. The Labute approximate surface area is 189 Å². The summed E-state index contributed by atoms with van der Waals surface area (Å²) >= 11 is 18.4. The summed E-state index contributed by atoms with van der Waals surface area (Å²) in [7, 11) is 0. The molecule has 0 radical (unpaired) electrons. The van der Waals surface area contributed by atoms with E-state index in [1.54, 1.807) is 43.3 Å². The molecule has 1 atom stereocenters. The number of anilines is 1. The molecule has 0 heterocycles. The highest BCUT2D eigenvalue weighted by atomic mass is 35.5. The van der Waals surface area contributed by atoms with Crippen LogP contribution >= 0.6 is 34.8 Å². The normalized spacial score (nSPS) is 11.6. The van der Waals surface area contributed by atoms with Crippen LogP contribution in [0.1, 0.15) is 28.2 Å². The minimum atomic E-state index is -0.588. The van der Waals surface area contributed by atoms with Gasteiger partial charge in [0.15, 0.2) is 0 Å². The first-order valence-electron chi connectivity index (χ1n) is 8.98. The van der Waals surface area contributed by atoms with Gasteiger partial charge < -0.3 is 5.32 Å². The number of hydrogen-bond acceptors (Lipinski definition) is 2. The van der Waals surface area contributed by atoms with Crippen LogP contribution in [0.2, 0.25) is 15.1 Å². The van der Waals surface area contributed by atoms with E-state index >= 15 is 0 Å². The van der Waals surface area contributed by atoms with E-state index in [4.69, 9.17) is 34.8 Å². The molecule has 0 unspecified atom stereocenters. The van der Waals surface area contributed by atoms with Crippen molar-refractivity contribution in [3.8, 4) is 6.07 Å². The molecular formula is C23H16Cl3FN2O. The van der Waals surface area contributed by atoms with Crippen LogP contribution in [0.15, 0.2) is 54.6 Å². The Kier molecular flexibility index (Phi) is 6.99. The van der Waals surface area contributed by atoms with Crippen molar-refractivity contribution in [2.45, 2.75) is 19.3 Å². The van der Waals surface area contributed by atoms with Gasteiger partial charge in [0.25, 0.3) is 0 Å². The molecule has 3 aromatic rings. The number of amides is 1. The third kappa shape index (κ3) is 4.94. The van der Waals surface area contributed by atoms with E-state index in [9.17, 15) is 14.4 Å². The zero-order valence-electron chi connectivity index (χ0n) is 15.8. The predicted molar refractivity (Wildman–Crippen MR) is 119 cm³/mol. The summed E-state index contributed by atoms with van der Waals surface area (Å²) in [5.74, 6) is -1.55. The Morgan fingerprint density at radius 1 is 1.10 bits per heavy atom. The lowest BCUT2D eigenvalue weighted by atomic mass is 9.91. The second-order valence-corrected chi connectivity index (χ2v) is 7.98. The second kappa shape index (κ2) is 9.49. The lowest BCUT2D eigenvalue weighted by Crippen LogP contribution is -2.16. The number of rotatable bonds is 5. The third-order valence-electron chi connectivity index (χ3n) is 4.66. The fourth-order valence-electron chi connectivity index (χ4n) is 3.09. The van der Waals surface area contributed by atoms with E-state index in [-0.39, 0.29) is 17.0 Å². The molecule has 0 aromatic heterocycles. The van der Waals surface area contributed by atoms with Crippen molar-refractivity contribution in [1.82, 2.24) is 0 Å². The molecule has 0 aliphatic carbocycles. The zero-order valence-corrected chi connectivity index (χ0v) is 18.1. The Balaban J connectivity index is 1.84. The lowest BCUT2D eigenvalue weighted by Gasteiger charge is -2.16. The molecule has 0 saturated heterocycles. The summed E-state index contributed by atoms with van der Waals surface area (Å²) < 4.78 is 13.9. The van der Waals surface area contributed by atoms with Gasteiger partial charge in [-0.2, -0.15) is 5.26 Å². The number of nitrogens with zero attached hydrogens (tertiary/aromatic N) is 1. The Morgan fingerprint density at radius 3 is 2.43 bits per heavy atom. The molecule has 152 valence electrons. The molecule has 3 nitrogen and oxygen atoms in total. The summed E-state index contributed by atoms with van der Waals surface area (Å²) in [6.07, 6.45) is -0.212. The van der Waals surface area contributed by atoms with Gasteiger partial charge in [0.05, 0.1) is 18.4 Å². The lowest BCUT2D eigenvalue weighted by molar-refractivity contribution is -0.115. The molecule has 0 saturated carbocycles. The molecule has 1 N–H and O–H groups in total. The molecule has 0 aliphatic rings. The first kappa shape index (κ1) is 22.1. The van der Waals surface area contributed by atoms with E-state index in [2.05, 4.69) is 11.4 Å². The van der Waals surface area contributed by atoms with Crippen molar-refractivity contribution in [2.24, 2.45) is 0 Å². The largest absolute Gasteiger partial charge is 0.326 e. The topological polar surface area (TPSA) is 52.9 Å². The standard InChI is InChI=1S/C23H16Cl3FN2O/c1-13-9-16(18(12-28)14-5-7-15(24)8-6-14)20(26)11-22(13)29-23(30)10-17-19(25)3-2-4-21(17)27/h2-9,11,18H,10H2,1H3,(H,29,30)/t18-/m1/s1. The number of carbonyl (C=O) groups excluding carboxylic acids is 1. The van der Waals surface area contributed by atoms with Crippen LogP contribution < -0.4 is 5.32 Å². The van der Waals surface area contributed by atoms with Gasteiger partial charge in [-0.05, 0) is 53.9 Å². The Hall–Kier alpha value is -2.58. The Morgan fingerprint density at radius 2 is 1.80 bits per heavy atom. The minimum Gasteiger partial charge on any atom is -0.326 e. The second-order valence-electron chi connectivity index (χ2n) is 6.73. The summed E-state index contributed by atoms with van der Waals surface area (Å²) in [6.45, 7) is 1.79. The maximum atomic E-state index is 13.9. The highest BCUT2D eigenvalue weighted by Crippen LogP contribution is 2.34. The highest BCUT2D eigenvalue weighted by Gasteiger charge is 2.19. The van der Waals surface area contributed by atoms with Crippen molar-refractivity contribution < 1.29 is 9.18 Å². The average molecular weight is 462 g/mol. The summed E-state index contributed by atoms with van der Waals surface area (Å²) in [5, 5.41) is 13.5. The molecule has 1 amide bonds. The summed E-state index contributed by atoms with van der Waals surface area (Å²) in [5.41, 5.74) is 2.71. The van der Waals surface area contributed by atoms with Crippen LogP contribution in [0, 0.1) is 24.1 Å². The van der Waals surface area contributed by atoms with E-state index in [1.807, 2.05) is 0 Å². The van der Waals surface area contributed by atoms with Crippen molar-refractivity contribution in [3.63, 3.8) is 0 Å². The summed E-state index contributed by atoms with van der Waals surface area (Å²) in [6, 6.07) is 16.8. The van der Waals surface area contributed by atoms with Crippen LogP contribution in [0.5, 0.6) is 0 Å². The molecule has 3 rings (SSSR count). The van der Waals surface area contributed by atoms with Gasteiger partial charge in [-0.25, -0.2) is 4.39 Å². The Bertz CT molecular complexity index is 1120. The molecule has 30 heavy (non-hydrogen) atoms. The number of hydrogen-bond donors (Lipinski definition) is 1. The van der Waals surface area contributed by atoms with Gasteiger partial charge in [-0.15, -0.1) is 0 Å².